The Hall–Kier alpha value is -3.33. The number of sulfonamides is 1. The molecule has 1 aromatic heterocycles. The molecule has 1 aliphatic rings. The third-order valence-electron chi connectivity index (χ3n) is 6.28. The average molecular weight is 488 g/mol. The summed E-state index contributed by atoms with van der Waals surface area (Å²) in [7, 11) is -3.51. The minimum Gasteiger partial charge on any atom is -0.298 e. The van der Waals surface area contributed by atoms with Crippen molar-refractivity contribution in [2.75, 3.05) is 18.4 Å². The van der Waals surface area contributed by atoms with Crippen LogP contribution in [-0.2, 0) is 10.0 Å². The molecule has 0 atom stereocenters. The molecule has 0 aliphatic carbocycles. The molecule has 5 aromatic rings. The molecular formula is C26H21N3O3S2. The van der Waals surface area contributed by atoms with Crippen molar-refractivity contribution in [3.05, 3.63) is 78.4 Å². The first-order valence-corrected chi connectivity index (χ1v) is 13.4. The molecule has 0 saturated carbocycles. The Bertz CT molecular complexity index is 1630. The maximum Gasteiger partial charge on any atom is 0.258 e. The quantitative estimate of drug-likeness (QED) is 0.333. The maximum atomic E-state index is 13.5. The van der Waals surface area contributed by atoms with E-state index in [-0.39, 0.29) is 10.8 Å². The molecule has 0 spiro atoms. The fourth-order valence-corrected chi connectivity index (χ4v) is 7.13. The van der Waals surface area contributed by atoms with E-state index in [1.807, 2.05) is 48.5 Å². The second-order valence-corrected chi connectivity index (χ2v) is 11.4. The largest absolute Gasteiger partial charge is 0.298 e. The van der Waals surface area contributed by atoms with Crippen molar-refractivity contribution >= 4 is 64.2 Å². The van der Waals surface area contributed by atoms with Gasteiger partial charge in [0.2, 0.25) is 10.0 Å². The fourth-order valence-electron chi connectivity index (χ4n) is 4.61. The molecule has 2 heterocycles. The lowest BCUT2D eigenvalue weighted by atomic mass is 9.96. The number of aromatic nitrogens is 1. The van der Waals surface area contributed by atoms with Gasteiger partial charge >= 0.3 is 0 Å². The third kappa shape index (κ3) is 3.55. The highest BCUT2D eigenvalue weighted by Crippen LogP contribution is 2.32. The van der Waals surface area contributed by atoms with E-state index < -0.39 is 10.0 Å². The first kappa shape index (κ1) is 21.2. The highest BCUT2D eigenvalue weighted by atomic mass is 32.2. The Morgan fingerprint density at radius 1 is 0.882 bits per heavy atom. The molecule has 0 radical (unpaired) electrons. The van der Waals surface area contributed by atoms with Crippen LogP contribution in [0.15, 0.2) is 77.7 Å². The van der Waals surface area contributed by atoms with Gasteiger partial charge in [-0.2, -0.15) is 4.31 Å². The number of rotatable bonds is 4. The van der Waals surface area contributed by atoms with Gasteiger partial charge in [-0.25, -0.2) is 13.4 Å². The molecule has 34 heavy (non-hydrogen) atoms. The lowest BCUT2D eigenvalue weighted by Crippen LogP contribution is -2.27. The zero-order valence-corrected chi connectivity index (χ0v) is 19.8. The van der Waals surface area contributed by atoms with Crippen molar-refractivity contribution in [2.24, 2.45) is 0 Å². The third-order valence-corrected chi connectivity index (χ3v) is 9.11. The first-order valence-electron chi connectivity index (χ1n) is 11.1. The van der Waals surface area contributed by atoms with Gasteiger partial charge in [-0.05, 0) is 58.7 Å². The van der Waals surface area contributed by atoms with E-state index in [9.17, 15) is 13.2 Å². The van der Waals surface area contributed by atoms with E-state index >= 15 is 0 Å². The van der Waals surface area contributed by atoms with Crippen LogP contribution in [0.3, 0.4) is 0 Å². The number of thiazole rings is 1. The van der Waals surface area contributed by atoms with E-state index in [2.05, 4.69) is 16.4 Å². The number of benzene rings is 4. The average Bonchev–Trinajstić information content (AvgIpc) is 3.52. The van der Waals surface area contributed by atoms with Crippen molar-refractivity contribution in [2.45, 2.75) is 17.7 Å². The Morgan fingerprint density at radius 2 is 1.53 bits per heavy atom. The van der Waals surface area contributed by atoms with Crippen molar-refractivity contribution in [1.29, 1.82) is 0 Å². The van der Waals surface area contributed by atoms with Crippen LogP contribution in [0, 0.1) is 0 Å². The van der Waals surface area contributed by atoms with Gasteiger partial charge in [0.1, 0.15) is 0 Å². The zero-order chi connectivity index (χ0) is 23.3. The molecule has 1 N–H and O–H groups in total. The van der Waals surface area contributed by atoms with Gasteiger partial charge in [-0.1, -0.05) is 59.9 Å². The second kappa shape index (κ2) is 8.16. The summed E-state index contributed by atoms with van der Waals surface area (Å²) in [6.45, 7) is 1.12. The molecule has 1 saturated heterocycles. The van der Waals surface area contributed by atoms with Gasteiger partial charge in [0.25, 0.3) is 5.91 Å². The summed E-state index contributed by atoms with van der Waals surface area (Å²) < 4.78 is 28.1. The van der Waals surface area contributed by atoms with Crippen LogP contribution in [0.25, 0.3) is 31.8 Å². The van der Waals surface area contributed by atoms with Crippen LogP contribution in [0.5, 0.6) is 0 Å². The van der Waals surface area contributed by atoms with Crippen molar-refractivity contribution < 1.29 is 13.2 Å². The standard InChI is InChI=1S/C26H21N3O3S2/c30-25(24-20-9-3-1-7-17(20)15-18-8-2-4-10-21(18)24)28-26-27-22-12-11-19(16-23(22)33-26)34(31,32)29-13-5-6-14-29/h1-4,7-12,15-16H,5-6,13-14H2,(H,27,28,30). The van der Waals surface area contributed by atoms with Crippen molar-refractivity contribution in [3.63, 3.8) is 0 Å². The maximum absolute atomic E-state index is 13.5. The molecular weight excluding hydrogens is 466 g/mol. The first-order chi connectivity index (χ1) is 16.5. The van der Waals surface area contributed by atoms with E-state index in [0.717, 1.165) is 39.1 Å². The zero-order valence-electron chi connectivity index (χ0n) is 18.2. The van der Waals surface area contributed by atoms with Gasteiger partial charge in [0, 0.05) is 13.1 Å². The fraction of sp³-hybridized carbons (Fsp3) is 0.154. The number of amides is 1. The van der Waals surface area contributed by atoms with Crippen LogP contribution >= 0.6 is 11.3 Å². The molecule has 1 fully saturated rings. The Morgan fingerprint density at radius 3 is 2.21 bits per heavy atom. The molecule has 1 aliphatic heterocycles. The number of fused-ring (bicyclic) bond motifs is 3. The Kier molecular flexibility index (Phi) is 5.09. The van der Waals surface area contributed by atoms with Gasteiger partial charge in [0.15, 0.2) is 5.13 Å². The van der Waals surface area contributed by atoms with E-state index in [1.54, 1.807) is 18.2 Å². The lowest BCUT2D eigenvalue weighted by molar-refractivity contribution is 0.103. The lowest BCUT2D eigenvalue weighted by Gasteiger charge is -2.15. The summed E-state index contributed by atoms with van der Waals surface area (Å²) in [5.74, 6) is -0.239. The molecule has 8 heteroatoms. The number of nitrogens with zero attached hydrogens (tertiary/aromatic N) is 2. The highest BCUT2D eigenvalue weighted by molar-refractivity contribution is 7.89. The molecule has 6 nitrogen and oxygen atoms in total. The van der Waals surface area contributed by atoms with Gasteiger partial charge in [-0.3, -0.25) is 10.1 Å². The summed E-state index contributed by atoms with van der Waals surface area (Å²) >= 11 is 1.28. The van der Waals surface area contributed by atoms with Crippen LogP contribution in [0.2, 0.25) is 0 Å². The second-order valence-electron chi connectivity index (χ2n) is 8.41. The summed E-state index contributed by atoms with van der Waals surface area (Å²) in [5, 5.41) is 7.13. The summed E-state index contributed by atoms with van der Waals surface area (Å²) in [6, 6.07) is 22.7. The van der Waals surface area contributed by atoms with Gasteiger partial charge in [-0.15, -0.1) is 0 Å². The van der Waals surface area contributed by atoms with Crippen molar-refractivity contribution in [3.8, 4) is 0 Å². The van der Waals surface area contributed by atoms with Crippen LogP contribution in [0.4, 0.5) is 5.13 Å². The predicted molar refractivity (Wildman–Crippen MR) is 137 cm³/mol. The SMILES string of the molecule is O=C(Nc1nc2ccc(S(=O)(=O)N3CCCC3)cc2s1)c1c2ccccc2cc2ccccc12. The topological polar surface area (TPSA) is 79.4 Å². The molecule has 170 valence electrons. The molecule has 1 amide bonds. The Balaban J connectivity index is 1.38. The van der Waals surface area contributed by atoms with Crippen LogP contribution in [0.1, 0.15) is 23.2 Å². The highest BCUT2D eigenvalue weighted by Gasteiger charge is 2.27. The normalized spacial score (nSPS) is 14.8. The number of hydrogen-bond acceptors (Lipinski definition) is 5. The van der Waals surface area contributed by atoms with E-state index in [0.29, 0.717) is 29.3 Å². The minimum absolute atomic E-state index is 0.239. The number of anilines is 1. The molecule has 0 bridgehead atoms. The minimum atomic E-state index is -3.51. The number of carbonyl (C=O) groups is 1. The van der Waals surface area contributed by atoms with Crippen LogP contribution < -0.4 is 5.32 Å². The summed E-state index contributed by atoms with van der Waals surface area (Å²) in [4.78, 5) is 18.3. The van der Waals surface area contributed by atoms with Crippen LogP contribution in [-0.4, -0.2) is 36.7 Å². The van der Waals surface area contributed by atoms with Crippen molar-refractivity contribution in [1.82, 2.24) is 9.29 Å². The number of carbonyl (C=O) groups excluding carboxylic acids is 1. The van der Waals surface area contributed by atoms with E-state index in [1.165, 1.54) is 15.6 Å². The molecule has 6 rings (SSSR count). The number of hydrogen-bond donors (Lipinski definition) is 1. The predicted octanol–water partition coefficient (Wildman–Crippen LogP) is 5.64. The monoisotopic (exact) mass is 487 g/mol. The van der Waals surface area contributed by atoms with Gasteiger partial charge in [0.05, 0.1) is 20.7 Å². The summed E-state index contributed by atoms with van der Waals surface area (Å²) in [6.07, 6.45) is 1.78. The summed E-state index contributed by atoms with van der Waals surface area (Å²) in [5.41, 5.74) is 1.26. The smallest absolute Gasteiger partial charge is 0.258 e. The molecule has 4 aromatic carbocycles. The number of nitrogens with one attached hydrogen (secondary N) is 1. The molecule has 0 unspecified atom stereocenters. The van der Waals surface area contributed by atoms with E-state index in [4.69, 9.17) is 0 Å². The van der Waals surface area contributed by atoms with Gasteiger partial charge < -0.3 is 0 Å². The Labute approximate surface area is 200 Å².